The highest BCUT2D eigenvalue weighted by molar-refractivity contribution is 6.04. The van der Waals surface area contributed by atoms with Crippen LogP contribution in [0.2, 0.25) is 0 Å². The second-order valence-corrected chi connectivity index (χ2v) is 5.70. The first kappa shape index (κ1) is 15.9. The molecule has 1 aliphatic heterocycles. The molecule has 8 nitrogen and oxygen atoms in total. The maximum Gasteiger partial charge on any atom is 0.263 e. The van der Waals surface area contributed by atoms with Crippen molar-refractivity contribution >= 4 is 11.6 Å². The predicted molar refractivity (Wildman–Crippen MR) is 94.5 cm³/mol. The number of benzene rings is 2. The molecule has 0 radical (unpaired) electrons. The maximum atomic E-state index is 12.1. The number of carbonyl (C=O) groups is 1. The second-order valence-electron chi connectivity index (χ2n) is 5.70. The molecule has 0 unspecified atom stereocenters. The lowest BCUT2D eigenvalue weighted by molar-refractivity contribution is -0.122. The first-order chi connectivity index (χ1) is 12.8. The van der Waals surface area contributed by atoms with E-state index >= 15 is 0 Å². The number of ether oxygens (including phenoxy) is 1. The van der Waals surface area contributed by atoms with Crippen molar-refractivity contribution in [2.45, 2.75) is 13.0 Å². The summed E-state index contributed by atoms with van der Waals surface area (Å²) >= 11 is 0. The molecule has 3 aromatic rings. The molecule has 0 atom stereocenters. The van der Waals surface area contributed by atoms with Gasteiger partial charge in [-0.2, -0.15) is 9.90 Å². The molecule has 1 aliphatic rings. The highest BCUT2D eigenvalue weighted by Gasteiger charge is 2.16. The summed E-state index contributed by atoms with van der Waals surface area (Å²) in [5.41, 5.74) is 5.08. The van der Waals surface area contributed by atoms with Crippen LogP contribution in [0.4, 0.5) is 0 Å². The summed E-state index contributed by atoms with van der Waals surface area (Å²) in [6.45, 7) is 0.478. The van der Waals surface area contributed by atoms with Gasteiger partial charge in [-0.25, -0.2) is 5.43 Å². The Morgan fingerprint density at radius 2 is 1.96 bits per heavy atom. The van der Waals surface area contributed by atoms with Crippen LogP contribution in [-0.4, -0.2) is 38.4 Å². The SMILES string of the molecule is O=C(Cn1nnc(-c2ccccc2)n1)N/N=C1/CCOc2ccccc21. The summed E-state index contributed by atoms with van der Waals surface area (Å²) in [5, 5.41) is 16.3. The van der Waals surface area contributed by atoms with Crippen LogP contribution in [0.5, 0.6) is 5.75 Å². The number of hydrogen-bond acceptors (Lipinski definition) is 6. The molecule has 130 valence electrons. The van der Waals surface area contributed by atoms with E-state index in [0.717, 1.165) is 22.6 Å². The van der Waals surface area contributed by atoms with E-state index in [4.69, 9.17) is 4.74 Å². The van der Waals surface area contributed by atoms with Gasteiger partial charge in [0.05, 0.1) is 12.3 Å². The largest absolute Gasteiger partial charge is 0.492 e. The first-order valence-electron chi connectivity index (χ1n) is 8.20. The zero-order valence-electron chi connectivity index (χ0n) is 13.9. The summed E-state index contributed by atoms with van der Waals surface area (Å²) in [6, 6.07) is 17.1. The van der Waals surface area contributed by atoms with Crippen LogP contribution in [0.1, 0.15) is 12.0 Å². The Kier molecular flexibility index (Phi) is 4.38. The van der Waals surface area contributed by atoms with Crippen molar-refractivity contribution in [2.75, 3.05) is 6.61 Å². The lowest BCUT2D eigenvalue weighted by Crippen LogP contribution is -2.27. The van der Waals surface area contributed by atoms with Gasteiger partial charge in [-0.05, 0) is 17.3 Å². The minimum Gasteiger partial charge on any atom is -0.492 e. The van der Waals surface area contributed by atoms with Gasteiger partial charge < -0.3 is 4.74 Å². The van der Waals surface area contributed by atoms with Gasteiger partial charge in [-0.3, -0.25) is 4.79 Å². The molecule has 4 rings (SSSR count). The Hall–Kier alpha value is -3.55. The third-order valence-corrected chi connectivity index (χ3v) is 3.88. The molecular weight excluding hydrogens is 332 g/mol. The average molecular weight is 348 g/mol. The minimum absolute atomic E-state index is 0.0608. The van der Waals surface area contributed by atoms with Crippen molar-refractivity contribution in [3.63, 3.8) is 0 Å². The number of hydrazone groups is 1. The Morgan fingerprint density at radius 1 is 1.15 bits per heavy atom. The summed E-state index contributed by atoms with van der Waals surface area (Å²) in [4.78, 5) is 13.4. The van der Waals surface area contributed by atoms with Gasteiger partial charge in [0.25, 0.3) is 5.91 Å². The Morgan fingerprint density at radius 3 is 2.85 bits per heavy atom. The van der Waals surface area contributed by atoms with Crippen LogP contribution in [0, 0.1) is 0 Å². The zero-order valence-corrected chi connectivity index (χ0v) is 13.9. The fourth-order valence-corrected chi connectivity index (χ4v) is 2.65. The van der Waals surface area contributed by atoms with Crippen LogP contribution in [0.3, 0.4) is 0 Å². The molecule has 2 heterocycles. The molecule has 0 aliphatic carbocycles. The third kappa shape index (κ3) is 3.44. The Balaban J connectivity index is 1.42. The molecule has 0 spiro atoms. The van der Waals surface area contributed by atoms with Crippen molar-refractivity contribution in [3.05, 3.63) is 60.2 Å². The van der Waals surface area contributed by atoms with Crippen LogP contribution >= 0.6 is 0 Å². The topological polar surface area (TPSA) is 94.3 Å². The van der Waals surface area contributed by atoms with E-state index in [1.165, 1.54) is 4.80 Å². The quantitative estimate of drug-likeness (QED) is 0.724. The number of amides is 1. The molecule has 8 heteroatoms. The molecule has 1 amide bonds. The van der Waals surface area contributed by atoms with Gasteiger partial charge in [-0.15, -0.1) is 10.2 Å². The lowest BCUT2D eigenvalue weighted by Gasteiger charge is -2.18. The Bertz CT molecular complexity index is 951. The van der Waals surface area contributed by atoms with Crippen molar-refractivity contribution in [1.29, 1.82) is 0 Å². The number of carbonyl (C=O) groups excluding carboxylic acids is 1. The normalized spacial score (nSPS) is 14.5. The van der Waals surface area contributed by atoms with Crippen molar-refractivity contribution in [2.24, 2.45) is 5.10 Å². The van der Waals surface area contributed by atoms with Gasteiger partial charge >= 0.3 is 0 Å². The molecule has 1 N–H and O–H groups in total. The van der Waals surface area contributed by atoms with E-state index in [2.05, 4.69) is 25.9 Å². The molecule has 26 heavy (non-hydrogen) atoms. The molecule has 2 aromatic carbocycles. The van der Waals surface area contributed by atoms with Crippen molar-refractivity contribution < 1.29 is 9.53 Å². The van der Waals surface area contributed by atoms with Crippen LogP contribution in [0.25, 0.3) is 11.4 Å². The molecule has 0 saturated carbocycles. The van der Waals surface area contributed by atoms with Crippen molar-refractivity contribution in [1.82, 2.24) is 25.6 Å². The number of nitrogens with one attached hydrogen (secondary N) is 1. The zero-order chi connectivity index (χ0) is 17.8. The summed E-state index contributed by atoms with van der Waals surface area (Å²) in [6.07, 6.45) is 0.636. The van der Waals surface area contributed by atoms with Gasteiger partial charge in [0.1, 0.15) is 12.3 Å². The minimum atomic E-state index is -0.321. The van der Waals surface area contributed by atoms with Gasteiger partial charge in [0.15, 0.2) is 0 Å². The van der Waals surface area contributed by atoms with E-state index in [-0.39, 0.29) is 12.5 Å². The number of fused-ring (bicyclic) bond motifs is 1. The Labute approximate surface area is 149 Å². The summed E-state index contributed by atoms with van der Waals surface area (Å²) < 4.78 is 5.58. The van der Waals surface area contributed by atoms with E-state index in [9.17, 15) is 4.79 Å². The standard InChI is InChI=1S/C18H16N6O2/c25-17(12-24-22-18(21-23-24)13-6-2-1-3-7-13)20-19-15-10-11-26-16-9-5-4-8-14(15)16/h1-9H,10-12H2,(H,20,25)/b19-15-. The summed E-state index contributed by atoms with van der Waals surface area (Å²) in [5.74, 6) is 0.929. The number of nitrogens with zero attached hydrogens (tertiary/aromatic N) is 5. The molecule has 1 aromatic heterocycles. The average Bonchev–Trinajstić information content (AvgIpc) is 3.15. The molecular formula is C18H16N6O2. The smallest absolute Gasteiger partial charge is 0.263 e. The van der Waals surface area contributed by atoms with Crippen LogP contribution in [0.15, 0.2) is 59.7 Å². The summed E-state index contributed by atoms with van der Waals surface area (Å²) in [7, 11) is 0. The van der Waals surface area contributed by atoms with E-state index in [1.807, 2.05) is 54.6 Å². The van der Waals surface area contributed by atoms with Gasteiger partial charge in [-0.1, -0.05) is 42.5 Å². The van der Waals surface area contributed by atoms with E-state index in [0.29, 0.717) is 18.9 Å². The first-order valence-corrected chi connectivity index (χ1v) is 8.20. The number of hydrogen-bond donors (Lipinski definition) is 1. The van der Waals surface area contributed by atoms with Gasteiger partial charge in [0, 0.05) is 17.5 Å². The monoisotopic (exact) mass is 348 g/mol. The maximum absolute atomic E-state index is 12.1. The molecule has 0 saturated heterocycles. The van der Waals surface area contributed by atoms with Crippen LogP contribution in [-0.2, 0) is 11.3 Å². The molecule has 0 fully saturated rings. The highest BCUT2D eigenvalue weighted by atomic mass is 16.5. The number of para-hydroxylation sites is 1. The van der Waals surface area contributed by atoms with Crippen LogP contribution < -0.4 is 10.2 Å². The predicted octanol–water partition coefficient (Wildman–Crippen LogP) is 1.64. The van der Waals surface area contributed by atoms with Gasteiger partial charge in [0.2, 0.25) is 5.82 Å². The number of tetrazole rings is 1. The molecule has 0 bridgehead atoms. The van der Waals surface area contributed by atoms with Crippen molar-refractivity contribution in [3.8, 4) is 17.1 Å². The van der Waals surface area contributed by atoms with E-state index in [1.54, 1.807) is 0 Å². The fraction of sp³-hybridized carbons (Fsp3) is 0.167. The lowest BCUT2D eigenvalue weighted by atomic mass is 10.0. The fourth-order valence-electron chi connectivity index (χ4n) is 2.65. The number of rotatable bonds is 4. The number of aromatic nitrogens is 4. The second kappa shape index (κ2) is 7.14. The third-order valence-electron chi connectivity index (χ3n) is 3.88. The highest BCUT2D eigenvalue weighted by Crippen LogP contribution is 2.24. The van der Waals surface area contributed by atoms with E-state index < -0.39 is 0 Å².